The fourth-order valence-electron chi connectivity index (χ4n) is 2.82. The lowest BCUT2D eigenvalue weighted by Crippen LogP contribution is -2.22. The van der Waals surface area contributed by atoms with Crippen molar-refractivity contribution in [2.24, 2.45) is 16.8 Å². The van der Waals surface area contributed by atoms with Crippen LogP contribution in [0.2, 0.25) is 0 Å². The quantitative estimate of drug-likeness (QED) is 0.652. The summed E-state index contributed by atoms with van der Waals surface area (Å²) in [6.45, 7) is 5.82. The molecule has 0 bridgehead atoms. The van der Waals surface area contributed by atoms with Gasteiger partial charge >= 0.3 is 6.18 Å². The molecule has 4 heteroatoms. The maximum atomic E-state index is 12.7. The first kappa shape index (κ1) is 12.4. The van der Waals surface area contributed by atoms with Crippen LogP contribution in [0.25, 0.3) is 0 Å². The Balaban J connectivity index is 2.42. The summed E-state index contributed by atoms with van der Waals surface area (Å²) in [5, 5.41) is 0. The average molecular weight is 243 g/mol. The smallest absolute Gasteiger partial charge is 0.258 e. The van der Waals surface area contributed by atoms with Gasteiger partial charge in [0, 0.05) is 17.2 Å². The molecule has 1 heterocycles. The molecule has 0 saturated heterocycles. The van der Waals surface area contributed by atoms with Gasteiger partial charge in [-0.15, -0.1) is 0 Å². The van der Waals surface area contributed by atoms with Crippen LogP contribution in [-0.2, 0) is 0 Å². The van der Waals surface area contributed by atoms with E-state index < -0.39 is 11.7 Å². The summed E-state index contributed by atoms with van der Waals surface area (Å²) in [4.78, 5) is 4.30. The molecule has 0 amide bonds. The van der Waals surface area contributed by atoms with Gasteiger partial charge in [0.1, 0.15) is 0 Å². The highest BCUT2D eigenvalue weighted by Gasteiger charge is 2.40. The Hall–Kier alpha value is -1.06. The third kappa shape index (κ3) is 2.05. The molecule has 1 aliphatic heterocycles. The van der Waals surface area contributed by atoms with E-state index >= 15 is 0 Å². The van der Waals surface area contributed by atoms with Crippen molar-refractivity contribution in [3.8, 4) is 0 Å². The first-order valence-corrected chi connectivity index (χ1v) is 5.91. The third-order valence-electron chi connectivity index (χ3n) is 3.61. The van der Waals surface area contributed by atoms with E-state index in [4.69, 9.17) is 0 Å². The van der Waals surface area contributed by atoms with E-state index in [1.54, 1.807) is 0 Å². The van der Waals surface area contributed by atoms with Gasteiger partial charge in [0.2, 0.25) is 0 Å². The second kappa shape index (κ2) is 4.00. The molecule has 0 aromatic rings. The van der Waals surface area contributed by atoms with Crippen molar-refractivity contribution in [3.63, 3.8) is 0 Å². The molecule has 2 unspecified atom stereocenters. The molecule has 0 N–H and O–H groups in total. The van der Waals surface area contributed by atoms with E-state index in [0.717, 1.165) is 17.7 Å². The van der Waals surface area contributed by atoms with Crippen LogP contribution in [0.1, 0.15) is 33.6 Å². The predicted molar refractivity (Wildman–Crippen MR) is 61.8 cm³/mol. The summed E-state index contributed by atoms with van der Waals surface area (Å²) in [6, 6.07) is 0. The van der Waals surface area contributed by atoms with E-state index in [9.17, 15) is 13.2 Å². The maximum Gasteiger partial charge on any atom is 0.412 e. The minimum absolute atomic E-state index is 0.0576. The van der Waals surface area contributed by atoms with Gasteiger partial charge in [0.15, 0.2) is 0 Å². The minimum Gasteiger partial charge on any atom is -0.258 e. The number of aliphatic imine (C=N–C) groups is 1. The zero-order valence-corrected chi connectivity index (χ0v) is 10.2. The fraction of sp³-hybridized carbons (Fsp3) is 0.615. The van der Waals surface area contributed by atoms with Crippen LogP contribution in [0, 0.1) is 11.8 Å². The number of nitrogens with zero attached hydrogens (tertiary/aromatic N) is 1. The highest BCUT2D eigenvalue weighted by Crippen LogP contribution is 2.44. The minimum atomic E-state index is -4.22. The number of allylic oxidation sites excluding steroid dienone is 3. The van der Waals surface area contributed by atoms with Crippen LogP contribution >= 0.6 is 0 Å². The Kier molecular flexibility index (Phi) is 2.92. The van der Waals surface area contributed by atoms with Crippen LogP contribution in [0.5, 0.6) is 0 Å². The van der Waals surface area contributed by atoms with Crippen LogP contribution < -0.4 is 0 Å². The van der Waals surface area contributed by atoms with Crippen molar-refractivity contribution in [1.29, 1.82) is 0 Å². The topological polar surface area (TPSA) is 12.4 Å². The van der Waals surface area contributed by atoms with E-state index in [0.29, 0.717) is 5.70 Å². The van der Waals surface area contributed by atoms with E-state index in [-0.39, 0.29) is 18.3 Å². The molecule has 17 heavy (non-hydrogen) atoms. The van der Waals surface area contributed by atoms with Gasteiger partial charge in [-0.1, -0.05) is 13.8 Å². The summed E-state index contributed by atoms with van der Waals surface area (Å²) >= 11 is 0. The molecule has 2 rings (SSSR count). The van der Waals surface area contributed by atoms with Crippen LogP contribution in [0.3, 0.4) is 0 Å². The number of hydrogen-bond donors (Lipinski definition) is 0. The van der Waals surface area contributed by atoms with Crippen LogP contribution in [-0.4, -0.2) is 11.9 Å². The third-order valence-corrected chi connectivity index (χ3v) is 3.61. The van der Waals surface area contributed by atoms with Crippen molar-refractivity contribution < 1.29 is 13.2 Å². The van der Waals surface area contributed by atoms with Crippen molar-refractivity contribution >= 4 is 5.71 Å². The highest BCUT2D eigenvalue weighted by molar-refractivity contribution is 5.91. The summed E-state index contributed by atoms with van der Waals surface area (Å²) in [6.07, 6.45) is -2.00. The normalized spacial score (nSPS) is 29.1. The monoisotopic (exact) mass is 243 g/mol. The molecule has 94 valence electrons. The molecule has 0 radical (unpaired) electrons. The maximum absolute atomic E-state index is 12.7. The Labute approximate surface area is 99.1 Å². The zero-order valence-electron chi connectivity index (χ0n) is 10.2. The highest BCUT2D eigenvalue weighted by atomic mass is 19.4. The van der Waals surface area contributed by atoms with E-state index in [1.165, 1.54) is 6.08 Å². The first-order valence-electron chi connectivity index (χ1n) is 5.91. The fourth-order valence-corrected chi connectivity index (χ4v) is 2.82. The van der Waals surface area contributed by atoms with Gasteiger partial charge in [0.25, 0.3) is 0 Å². The Morgan fingerprint density at radius 3 is 2.59 bits per heavy atom. The van der Waals surface area contributed by atoms with Crippen molar-refractivity contribution in [1.82, 2.24) is 0 Å². The summed E-state index contributed by atoms with van der Waals surface area (Å²) in [5.41, 5.74) is 2.15. The zero-order chi connectivity index (χ0) is 12.8. The van der Waals surface area contributed by atoms with Gasteiger partial charge in [-0.2, -0.15) is 13.2 Å². The second-order valence-electron chi connectivity index (χ2n) is 4.83. The number of alkyl halides is 3. The lowest BCUT2D eigenvalue weighted by atomic mass is 9.79. The summed E-state index contributed by atoms with van der Waals surface area (Å²) in [5.74, 6) is 0.184. The molecule has 1 aliphatic carbocycles. The first-order chi connectivity index (χ1) is 7.84. The summed E-state index contributed by atoms with van der Waals surface area (Å²) < 4.78 is 38.1. The average Bonchev–Trinajstić information content (AvgIpc) is 2.52. The van der Waals surface area contributed by atoms with Crippen LogP contribution in [0.4, 0.5) is 13.2 Å². The van der Waals surface area contributed by atoms with Crippen molar-refractivity contribution in [2.75, 3.05) is 0 Å². The molecule has 1 nitrogen and oxygen atoms in total. The molecule has 0 fully saturated rings. The van der Waals surface area contributed by atoms with Crippen molar-refractivity contribution in [3.05, 3.63) is 22.9 Å². The van der Waals surface area contributed by atoms with Gasteiger partial charge in [0.05, 0.1) is 5.70 Å². The molecule has 2 aliphatic rings. The lowest BCUT2D eigenvalue weighted by Gasteiger charge is -2.26. The van der Waals surface area contributed by atoms with Gasteiger partial charge in [-0.3, -0.25) is 4.99 Å². The van der Waals surface area contributed by atoms with Crippen LogP contribution in [0.15, 0.2) is 27.9 Å². The second-order valence-corrected chi connectivity index (χ2v) is 4.83. The standard InChI is InChI=1S/C13H16F3N/c1-4-10-8(3)17-11-6-9(13(14,15)16)5-7(2)12(10)11/h6-7,10H,4-5H2,1-3H3. The molecular weight excluding hydrogens is 227 g/mol. The molecule has 0 aromatic heterocycles. The SMILES string of the molecule is CCC1C(C)=NC2=C1C(C)CC(C(F)(F)F)=C2. The van der Waals surface area contributed by atoms with Crippen molar-refractivity contribution in [2.45, 2.75) is 39.8 Å². The lowest BCUT2D eigenvalue weighted by molar-refractivity contribution is -0.0952. The number of hydrogen-bond acceptors (Lipinski definition) is 1. The largest absolute Gasteiger partial charge is 0.412 e. The van der Waals surface area contributed by atoms with E-state index in [1.807, 2.05) is 13.8 Å². The Bertz CT molecular complexity index is 426. The Morgan fingerprint density at radius 2 is 2.06 bits per heavy atom. The molecule has 0 aromatic carbocycles. The van der Waals surface area contributed by atoms with E-state index in [2.05, 4.69) is 11.9 Å². The Morgan fingerprint density at radius 1 is 1.41 bits per heavy atom. The molecule has 2 atom stereocenters. The number of halogens is 3. The van der Waals surface area contributed by atoms with Gasteiger partial charge in [-0.25, -0.2) is 0 Å². The molecule has 0 saturated carbocycles. The van der Waals surface area contributed by atoms with Gasteiger partial charge < -0.3 is 0 Å². The van der Waals surface area contributed by atoms with Gasteiger partial charge in [-0.05, 0) is 37.3 Å². The number of rotatable bonds is 1. The molecule has 0 spiro atoms. The predicted octanol–water partition coefficient (Wildman–Crippen LogP) is 4.27. The summed E-state index contributed by atoms with van der Waals surface area (Å²) in [7, 11) is 0. The molecular formula is C13H16F3N.